The van der Waals surface area contributed by atoms with Crippen LogP contribution in [0.5, 0.6) is 0 Å². The molecule has 3 nitrogen and oxygen atoms in total. The second kappa shape index (κ2) is 6.02. The van der Waals surface area contributed by atoms with Crippen LogP contribution >= 0.6 is 11.3 Å². The first-order valence-corrected chi connectivity index (χ1v) is 7.52. The molecule has 0 bridgehead atoms. The molecule has 1 aromatic rings. The van der Waals surface area contributed by atoms with Gasteiger partial charge in [0.2, 0.25) is 0 Å². The van der Waals surface area contributed by atoms with E-state index in [0.717, 1.165) is 18.2 Å². The van der Waals surface area contributed by atoms with Crippen molar-refractivity contribution in [1.29, 1.82) is 0 Å². The molecule has 0 radical (unpaired) electrons. The lowest BCUT2D eigenvalue weighted by atomic mass is 10.1. The highest BCUT2D eigenvalue weighted by atomic mass is 32.1. The normalized spacial score (nSPS) is 12.2. The van der Waals surface area contributed by atoms with E-state index in [0.29, 0.717) is 5.92 Å². The van der Waals surface area contributed by atoms with Crippen LogP contribution in [0.1, 0.15) is 58.0 Å². The molecule has 104 valence electrons. The van der Waals surface area contributed by atoms with Crippen LogP contribution in [0, 0.1) is 0 Å². The predicted octanol–water partition coefficient (Wildman–Crippen LogP) is 3.61. The molecule has 4 heteroatoms. The number of hydrogen-bond acceptors (Lipinski definition) is 4. The van der Waals surface area contributed by atoms with Crippen LogP contribution < -0.4 is 10.2 Å². The molecular formula is C14H27N3S. The largest absolute Gasteiger partial charge is 0.351 e. The lowest BCUT2D eigenvalue weighted by Gasteiger charge is -2.20. The Morgan fingerprint density at radius 2 is 1.94 bits per heavy atom. The van der Waals surface area contributed by atoms with Gasteiger partial charge < -0.3 is 10.2 Å². The molecule has 1 rings (SSSR count). The standard InChI is InChI=1S/C14H27N3S/c1-8-17(7)13-16-12(10(2)3)11(18-13)9-15-14(4,5)6/h10,15H,8-9H2,1-7H3. The van der Waals surface area contributed by atoms with E-state index in [1.807, 2.05) is 11.3 Å². The molecule has 18 heavy (non-hydrogen) atoms. The summed E-state index contributed by atoms with van der Waals surface area (Å²) < 4.78 is 0. The highest BCUT2D eigenvalue weighted by Gasteiger charge is 2.17. The molecule has 0 saturated heterocycles. The summed E-state index contributed by atoms with van der Waals surface area (Å²) >= 11 is 1.81. The first-order valence-electron chi connectivity index (χ1n) is 6.70. The molecule has 0 saturated carbocycles. The summed E-state index contributed by atoms with van der Waals surface area (Å²) in [5.41, 5.74) is 1.39. The Balaban J connectivity index is 2.91. The van der Waals surface area contributed by atoms with Gasteiger partial charge >= 0.3 is 0 Å². The predicted molar refractivity (Wildman–Crippen MR) is 81.7 cm³/mol. The fourth-order valence-electron chi connectivity index (χ4n) is 1.57. The monoisotopic (exact) mass is 269 g/mol. The third-order valence-electron chi connectivity index (χ3n) is 2.84. The number of aromatic nitrogens is 1. The van der Waals surface area contributed by atoms with Crippen molar-refractivity contribution in [2.75, 3.05) is 18.5 Å². The Bertz CT molecular complexity index is 377. The van der Waals surface area contributed by atoms with Crippen LogP contribution in [0.3, 0.4) is 0 Å². The fourth-order valence-corrected chi connectivity index (χ4v) is 2.75. The van der Waals surface area contributed by atoms with Gasteiger partial charge in [0.15, 0.2) is 5.13 Å². The average molecular weight is 269 g/mol. The van der Waals surface area contributed by atoms with Crippen molar-refractivity contribution >= 4 is 16.5 Å². The average Bonchev–Trinajstić information content (AvgIpc) is 2.68. The zero-order valence-corrected chi connectivity index (χ0v) is 13.6. The van der Waals surface area contributed by atoms with Crippen molar-refractivity contribution < 1.29 is 0 Å². The summed E-state index contributed by atoms with van der Waals surface area (Å²) in [5.74, 6) is 0.483. The van der Waals surface area contributed by atoms with Gasteiger partial charge in [-0.3, -0.25) is 0 Å². The molecule has 0 aliphatic carbocycles. The van der Waals surface area contributed by atoms with Gasteiger partial charge in [-0.15, -0.1) is 11.3 Å². The van der Waals surface area contributed by atoms with Gasteiger partial charge in [0, 0.05) is 30.6 Å². The number of thiazole rings is 1. The van der Waals surface area contributed by atoms with Crippen LogP contribution in [0.2, 0.25) is 0 Å². The smallest absolute Gasteiger partial charge is 0.185 e. The SMILES string of the molecule is CCN(C)c1nc(C(C)C)c(CNC(C)(C)C)s1. The third-order valence-corrected chi connectivity index (χ3v) is 4.03. The van der Waals surface area contributed by atoms with Crippen molar-refractivity contribution in [1.82, 2.24) is 10.3 Å². The van der Waals surface area contributed by atoms with Crippen LogP contribution in [-0.2, 0) is 6.54 Å². The molecule has 0 spiro atoms. The van der Waals surface area contributed by atoms with Gasteiger partial charge in [0.05, 0.1) is 5.69 Å². The van der Waals surface area contributed by atoms with E-state index in [-0.39, 0.29) is 5.54 Å². The molecule has 0 amide bonds. The molecule has 1 N–H and O–H groups in total. The van der Waals surface area contributed by atoms with Gasteiger partial charge in [-0.05, 0) is 33.6 Å². The Kier molecular flexibility index (Phi) is 5.17. The van der Waals surface area contributed by atoms with Crippen molar-refractivity contribution in [3.05, 3.63) is 10.6 Å². The first kappa shape index (κ1) is 15.4. The summed E-state index contributed by atoms with van der Waals surface area (Å²) in [4.78, 5) is 8.36. The lowest BCUT2D eigenvalue weighted by molar-refractivity contribution is 0.425. The number of nitrogens with zero attached hydrogens (tertiary/aromatic N) is 2. The summed E-state index contributed by atoms with van der Waals surface area (Å²) in [6.07, 6.45) is 0. The topological polar surface area (TPSA) is 28.2 Å². The Labute approximate surface area is 116 Å². The van der Waals surface area contributed by atoms with Crippen molar-refractivity contribution in [2.45, 2.75) is 59.5 Å². The summed E-state index contributed by atoms with van der Waals surface area (Å²) in [6.45, 7) is 15.1. The van der Waals surface area contributed by atoms with E-state index in [2.05, 4.69) is 58.8 Å². The second-order valence-electron chi connectivity index (χ2n) is 6.08. The number of rotatable bonds is 5. The maximum absolute atomic E-state index is 4.79. The number of nitrogens with one attached hydrogen (secondary N) is 1. The van der Waals surface area contributed by atoms with E-state index in [4.69, 9.17) is 4.98 Å². The van der Waals surface area contributed by atoms with E-state index in [1.54, 1.807) is 0 Å². The minimum atomic E-state index is 0.148. The highest BCUT2D eigenvalue weighted by molar-refractivity contribution is 7.15. The molecule has 0 aliphatic heterocycles. The van der Waals surface area contributed by atoms with Gasteiger partial charge in [-0.25, -0.2) is 4.98 Å². The minimum Gasteiger partial charge on any atom is -0.351 e. The maximum Gasteiger partial charge on any atom is 0.185 e. The Hall–Kier alpha value is -0.610. The van der Waals surface area contributed by atoms with Gasteiger partial charge in [-0.2, -0.15) is 0 Å². The summed E-state index contributed by atoms with van der Waals surface area (Å²) in [6, 6.07) is 0. The Morgan fingerprint density at radius 3 is 2.39 bits per heavy atom. The molecule has 0 aliphatic rings. The van der Waals surface area contributed by atoms with Crippen molar-refractivity contribution in [2.24, 2.45) is 0 Å². The first-order chi connectivity index (χ1) is 8.24. The van der Waals surface area contributed by atoms with E-state index < -0.39 is 0 Å². The number of hydrogen-bond donors (Lipinski definition) is 1. The van der Waals surface area contributed by atoms with Crippen LogP contribution in [0.25, 0.3) is 0 Å². The molecule has 0 atom stereocenters. The minimum absolute atomic E-state index is 0.148. The molecule has 1 aromatic heterocycles. The highest BCUT2D eigenvalue weighted by Crippen LogP contribution is 2.30. The van der Waals surface area contributed by atoms with Crippen LogP contribution in [0.4, 0.5) is 5.13 Å². The third kappa shape index (κ3) is 4.25. The van der Waals surface area contributed by atoms with Crippen molar-refractivity contribution in [3.63, 3.8) is 0 Å². The Morgan fingerprint density at radius 1 is 1.33 bits per heavy atom. The molecule has 0 aromatic carbocycles. The van der Waals surface area contributed by atoms with Crippen LogP contribution in [0.15, 0.2) is 0 Å². The zero-order chi connectivity index (χ0) is 13.9. The molecule has 0 unspecified atom stereocenters. The summed E-state index contributed by atoms with van der Waals surface area (Å²) in [5, 5.41) is 4.69. The van der Waals surface area contributed by atoms with E-state index in [9.17, 15) is 0 Å². The number of anilines is 1. The van der Waals surface area contributed by atoms with E-state index in [1.165, 1.54) is 10.6 Å². The summed E-state index contributed by atoms with van der Waals surface area (Å²) in [7, 11) is 2.10. The van der Waals surface area contributed by atoms with E-state index >= 15 is 0 Å². The van der Waals surface area contributed by atoms with Gasteiger partial charge in [0.1, 0.15) is 0 Å². The fraction of sp³-hybridized carbons (Fsp3) is 0.786. The molecular weight excluding hydrogens is 242 g/mol. The van der Waals surface area contributed by atoms with Gasteiger partial charge in [0.25, 0.3) is 0 Å². The zero-order valence-electron chi connectivity index (χ0n) is 12.8. The second-order valence-corrected chi connectivity index (χ2v) is 7.14. The molecule has 1 heterocycles. The van der Waals surface area contributed by atoms with Gasteiger partial charge in [-0.1, -0.05) is 13.8 Å². The molecule has 0 fully saturated rings. The quantitative estimate of drug-likeness (QED) is 0.885. The van der Waals surface area contributed by atoms with Crippen LogP contribution in [-0.4, -0.2) is 24.1 Å². The van der Waals surface area contributed by atoms with Crippen molar-refractivity contribution in [3.8, 4) is 0 Å². The maximum atomic E-state index is 4.79. The lowest BCUT2D eigenvalue weighted by Crippen LogP contribution is -2.35.